The lowest BCUT2D eigenvalue weighted by molar-refractivity contribution is -0.287. The first-order valence-corrected chi connectivity index (χ1v) is 15.3. The van der Waals surface area contributed by atoms with Gasteiger partial charge in [0, 0.05) is 0 Å². The average molecular weight is 637 g/mol. The van der Waals surface area contributed by atoms with E-state index >= 15 is 0 Å². The molecule has 4 N–H and O–H groups in total. The normalized spacial score (nSPS) is 22.1. The predicted octanol–water partition coefficient (Wildman–Crippen LogP) is 4.42. The number of rotatable bonds is 15. The maximum atomic E-state index is 12.3. The number of amides is 1. The Labute approximate surface area is 269 Å². The number of nitrogens with one attached hydrogen (secondary N) is 1. The van der Waals surface area contributed by atoms with Crippen LogP contribution in [-0.4, -0.2) is 72.7 Å². The number of carbonyl (C=O) groups excluding carboxylic acids is 1. The molecule has 0 spiro atoms. The van der Waals surface area contributed by atoms with Crippen LogP contribution in [0, 0.1) is 0 Å². The van der Waals surface area contributed by atoms with E-state index in [1.807, 2.05) is 91.0 Å². The van der Waals surface area contributed by atoms with Crippen LogP contribution < -0.4 is 11.1 Å². The van der Waals surface area contributed by atoms with Gasteiger partial charge in [-0.15, -0.1) is 0 Å². The van der Waals surface area contributed by atoms with Crippen molar-refractivity contribution < 1.29 is 43.1 Å². The Morgan fingerprint density at radius 3 is 1.80 bits per heavy atom. The van der Waals surface area contributed by atoms with Crippen molar-refractivity contribution in [2.45, 2.75) is 82.9 Å². The summed E-state index contributed by atoms with van der Waals surface area (Å²) >= 11 is 0. The Morgan fingerprint density at radius 2 is 1.30 bits per heavy atom. The van der Waals surface area contributed by atoms with Crippen molar-refractivity contribution in [3.05, 3.63) is 108 Å². The molecule has 6 atom stereocenters. The van der Waals surface area contributed by atoms with Gasteiger partial charge in [0.2, 0.25) is 0 Å². The molecule has 0 aromatic heterocycles. The number of carbonyl (C=O) groups is 2. The van der Waals surface area contributed by atoms with Gasteiger partial charge in [-0.3, -0.25) is 0 Å². The van der Waals surface area contributed by atoms with E-state index in [-0.39, 0.29) is 19.8 Å². The van der Waals surface area contributed by atoms with Gasteiger partial charge in [0.1, 0.15) is 23.9 Å². The van der Waals surface area contributed by atoms with Crippen LogP contribution in [0.2, 0.25) is 0 Å². The summed E-state index contributed by atoms with van der Waals surface area (Å²) in [7, 11) is 0. The second kappa shape index (κ2) is 17.2. The van der Waals surface area contributed by atoms with Crippen LogP contribution >= 0.6 is 0 Å². The van der Waals surface area contributed by atoms with Gasteiger partial charge in [-0.25, -0.2) is 9.59 Å². The number of benzene rings is 3. The number of nitrogens with two attached hydrogens (primary N) is 1. The molecule has 1 aliphatic rings. The third-order valence-corrected chi connectivity index (χ3v) is 7.07. The molecular formula is C35H44N2O9. The van der Waals surface area contributed by atoms with Gasteiger partial charge >= 0.3 is 12.1 Å². The number of aliphatic carboxylic acids is 1. The average Bonchev–Trinajstić information content (AvgIpc) is 3.03. The van der Waals surface area contributed by atoms with Crippen molar-refractivity contribution in [1.82, 2.24) is 5.32 Å². The molecule has 0 unspecified atom stereocenters. The van der Waals surface area contributed by atoms with E-state index in [4.69, 9.17) is 34.2 Å². The van der Waals surface area contributed by atoms with Crippen LogP contribution in [0.15, 0.2) is 91.0 Å². The Kier molecular flexibility index (Phi) is 13.1. The summed E-state index contributed by atoms with van der Waals surface area (Å²) in [5.74, 6) is -1.31. The van der Waals surface area contributed by atoms with Gasteiger partial charge in [-0.05, 0) is 37.5 Å². The number of ether oxygens (including phenoxy) is 6. The number of carboxylic acids is 1. The van der Waals surface area contributed by atoms with Crippen LogP contribution in [0.4, 0.5) is 4.79 Å². The zero-order valence-corrected chi connectivity index (χ0v) is 26.5. The van der Waals surface area contributed by atoms with E-state index in [0.29, 0.717) is 6.61 Å². The highest BCUT2D eigenvalue weighted by atomic mass is 16.7. The van der Waals surface area contributed by atoms with Crippen molar-refractivity contribution in [3.63, 3.8) is 0 Å². The Balaban J connectivity index is 1.53. The quantitative estimate of drug-likeness (QED) is 0.219. The van der Waals surface area contributed by atoms with Crippen molar-refractivity contribution >= 4 is 12.1 Å². The molecule has 0 saturated carbocycles. The highest BCUT2D eigenvalue weighted by Gasteiger charge is 2.47. The summed E-state index contributed by atoms with van der Waals surface area (Å²) in [6.45, 7) is 5.57. The van der Waals surface area contributed by atoms with Crippen LogP contribution in [0.3, 0.4) is 0 Å². The minimum absolute atomic E-state index is 0.116. The SMILES string of the molecule is CC(C)(C)OC(=O)N[C@@H](CO[C@H]1O[C@H](COCc2ccccc2)[C@H](OCc2ccccc2)[C@H](OCc2ccccc2)[C@H]1N)C(=O)O. The smallest absolute Gasteiger partial charge is 0.408 e. The molecule has 1 amide bonds. The first-order chi connectivity index (χ1) is 22.1. The maximum absolute atomic E-state index is 12.3. The second-order valence-corrected chi connectivity index (χ2v) is 12.0. The first-order valence-electron chi connectivity index (χ1n) is 15.3. The summed E-state index contributed by atoms with van der Waals surface area (Å²) in [6.07, 6.45) is -4.08. The minimum atomic E-state index is -1.42. The van der Waals surface area contributed by atoms with Crippen molar-refractivity contribution in [2.24, 2.45) is 5.73 Å². The summed E-state index contributed by atoms with van der Waals surface area (Å²) in [4.78, 5) is 24.3. The van der Waals surface area contributed by atoms with Crippen molar-refractivity contribution in [3.8, 4) is 0 Å². The lowest BCUT2D eigenvalue weighted by Crippen LogP contribution is -2.64. The van der Waals surface area contributed by atoms with Crippen LogP contribution in [0.25, 0.3) is 0 Å². The van der Waals surface area contributed by atoms with Gasteiger partial charge < -0.3 is 44.6 Å². The molecule has 1 saturated heterocycles. The van der Waals surface area contributed by atoms with E-state index in [1.54, 1.807) is 20.8 Å². The van der Waals surface area contributed by atoms with Gasteiger partial charge in [-0.2, -0.15) is 0 Å². The van der Waals surface area contributed by atoms with Gasteiger partial charge in [0.05, 0.1) is 39.1 Å². The maximum Gasteiger partial charge on any atom is 0.408 e. The van der Waals surface area contributed by atoms with Crippen LogP contribution in [-0.2, 0) is 53.0 Å². The monoisotopic (exact) mass is 636 g/mol. The van der Waals surface area contributed by atoms with E-state index < -0.39 is 61.0 Å². The van der Waals surface area contributed by atoms with E-state index in [0.717, 1.165) is 16.7 Å². The van der Waals surface area contributed by atoms with Gasteiger partial charge in [0.25, 0.3) is 0 Å². The van der Waals surface area contributed by atoms with Crippen molar-refractivity contribution in [2.75, 3.05) is 13.2 Å². The van der Waals surface area contributed by atoms with Gasteiger partial charge in [-0.1, -0.05) is 91.0 Å². The van der Waals surface area contributed by atoms with Gasteiger partial charge in [0.15, 0.2) is 12.3 Å². The van der Waals surface area contributed by atoms with Crippen molar-refractivity contribution in [1.29, 1.82) is 0 Å². The standard InChI is InChI=1S/C35H44N2O9/c1-35(2,3)46-34(40)37-27(32(38)39)22-44-33-29(36)31(43-21-26-17-11-6-12-18-26)30(42-20-25-15-9-5-10-16-25)28(45-33)23-41-19-24-13-7-4-8-14-24/h4-18,27-31,33H,19-23,36H2,1-3H3,(H,37,40)(H,38,39)/t27-,28+,29+,30-,31+,33-/m0/s1. The predicted molar refractivity (Wildman–Crippen MR) is 170 cm³/mol. The Hall–Kier alpha value is -3.84. The number of carboxylic acid groups (broad SMARTS) is 1. The van der Waals surface area contributed by atoms with Crippen LogP contribution in [0.5, 0.6) is 0 Å². The minimum Gasteiger partial charge on any atom is -0.480 e. The molecule has 3 aromatic rings. The molecule has 0 aliphatic carbocycles. The molecule has 248 valence electrons. The third kappa shape index (κ3) is 11.2. The zero-order valence-electron chi connectivity index (χ0n) is 26.5. The molecule has 11 nitrogen and oxygen atoms in total. The van der Waals surface area contributed by atoms with E-state index in [2.05, 4.69) is 5.32 Å². The summed E-state index contributed by atoms with van der Waals surface area (Å²) in [5, 5.41) is 12.1. The lowest BCUT2D eigenvalue weighted by atomic mass is 9.96. The molecule has 3 aromatic carbocycles. The zero-order chi connectivity index (χ0) is 32.9. The summed E-state index contributed by atoms with van der Waals surface area (Å²) in [6, 6.07) is 26.8. The molecule has 4 rings (SSSR count). The topological polar surface area (TPSA) is 148 Å². The molecule has 0 bridgehead atoms. The molecule has 1 heterocycles. The second-order valence-electron chi connectivity index (χ2n) is 12.0. The largest absolute Gasteiger partial charge is 0.480 e. The molecule has 1 aliphatic heterocycles. The number of alkyl carbamates (subject to hydrolysis) is 1. The third-order valence-electron chi connectivity index (χ3n) is 7.07. The molecule has 0 radical (unpaired) electrons. The highest BCUT2D eigenvalue weighted by Crippen LogP contribution is 2.28. The molecule has 46 heavy (non-hydrogen) atoms. The van der Waals surface area contributed by atoms with E-state index in [9.17, 15) is 14.7 Å². The lowest BCUT2D eigenvalue weighted by Gasteiger charge is -2.45. The summed E-state index contributed by atoms with van der Waals surface area (Å²) in [5.41, 5.74) is 8.79. The summed E-state index contributed by atoms with van der Waals surface area (Å²) < 4.78 is 36.4. The fourth-order valence-electron chi connectivity index (χ4n) is 4.83. The fraction of sp³-hybridized carbons (Fsp3) is 0.429. The highest BCUT2D eigenvalue weighted by molar-refractivity contribution is 5.80. The Bertz CT molecular complexity index is 1340. The Morgan fingerprint density at radius 1 is 0.804 bits per heavy atom. The fourth-order valence-corrected chi connectivity index (χ4v) is 4.83. The molecule has 1 fully saturated rings. The molecular weight excluding hydrogens is 592 g/mol. The van der Waals surface area contributed by atoms with E-state index in [1.165, 1.54) is 0 Å². The number of hydrogen-bond acceptors (Lipinski definition) is 9. The number of hydrogen-bond donors (Lipinski definition) is 3. The molecule has 11 heteroatoms. The first kappa shape index (κ1) is 35.0. The van der Waals surface area contributed by atoms with Crippen LogP contribution in [0.1, 0.15) is 37.5 Å².